The Kier molecular flexibility index (Phi) is 2.99. The van der Waals surface area contributed by atoms with Gasteiger partial charge in [-0.1, -0.05) is 0 Å². The SMILES string of the molecule is Cc1cnccc1OCC1CCNC1. The van der Waals surface area contributed by atoms with Gasteiger partial charge in [-0.25, -0.2) is 0 Å². The van der Waals surface area contributed by atoms with Gasteiger partial charge < -0.3 is 10.1 Å². The van der Waals surface area contributed by atoms with E-state index in [1.807, 2.05) is 19.2 Å². The maximum absolute atomic E-state index is 5.74. The minimum absolute atomic E-state index is 0.669. The van der Waals surface area contributed by atoms with Gasteiger partial charge in [0, 0.05) is 30.4 Å². The summed E-state index contributed by atoms with van der Waals surface area (Å²) in [6, 6.07) is 1.93. The molecule has 0 saturated carbocycles. The Morgan fingerprint density at radius 2 is 2.57 bits per heavy atom. The van der Waals surface area contributed by atoms with Gasteiger partial charge in [0.25, 0.3) is 0 Å². The summed E-state index contributed by atoms with van der Waals surface area (Å²) in [5.74, 6) is 1.63. The third-order valence-corrected chi connectivity index (χ3v) is 2.61. The third-order valence-electron chi connectivity index (χ3n) is 2.61. The molecule has 2 rings (SSSR count). The first-order valence-electron chi connectivity index (χ1n) is 5.10. The number of aromatic nitrogens is 1. The lowest BCUT2D eigenvalue weighted by Gasteiger charge is -2.12. The number of aryl methyl sites for hydroxylation is 1. The summed E-state index contributed by atoms with van der Waals surface area (Å²) in [7, 11) is 0. The maximum atomic E-state index is 5.74. The second kappa shape index (κ2) is 4.42. The lowest BCUT2D eigenvalue weighted by Crippen LogP contribution is -2.15. The maximum Gasteiger partial charge on any atom is 0.125 e. The normalized spacial score (nSPS) is 21.1. The molecule has 0 spiro atoms. The van der Waals surface area contributed by atoms with Gasteiger partial charge in [-0.2, -0.15) is 0 Å². The summed E-state index contributed by atoms with van der Waals surface area (Å²) in [6.45, 7) is 5.06. The van der Waals surface area contributed by atoms with Crippen LogP contribution in [0.5, 0.6) is 5.75 Å². The van der Waals surface area contributed by atoms with Gasteiger partial charge in [0.05, 0.1) is 6.61 Å². The van der Waals surface area contributed by atoms with Crippen LogP contribution in [-0.4, -0.2) is 24.7 Å². The molecule has 0 radical (unpaired) electrons. The molecule has 14 heavy (non-hydrogen) atoms. The Morgan fingerprint density at radius 1 is 1.64 bits per heavy atom. The summed E-state index contributed by atoms with van der Waals surface area (Å²) in [4.78, 5) is 4.03. The highest BCUT2D eigenvalue weighted by atomic mass is 16.5. The second-order valence-electron chi connectivity index (χ2n) is 3.81. The molecule has 1 saturated heterocycles. The molecule has 2 heterocycles. The summed E-state index contributed by atoms with van der Waals surface area (Å²) >= 11 is 0. The van der Waals surface area contributed by atoms with E-state index in [1.165, 1.54) is 6.42 Å². The number of hydrogen-bond acceptors (Lipinski definition) is 3. The number of pyridine rings is 1. The van der Waals surface area contributed by atoms with Gasteiger partial charge in [0.15, 0.2) is 0 Å². The van der Waals surface area contributed by atoms with E-state index >= 15 is 0 Å². The molecule has 1 aromatic rings. The number of nitrogens with one attached hydrogen (secondary N) is 1. The predicted octanol–water partition coefficient (Wildman–Crippen LogP) is 1.38. The van der Waals surface area contributed by atoms with Crippen LogP contribution in [0.2, 0.25) is 0 Å². The Balaban J connectivity index is 1.88. The zero-order valence-electron chi connectivity index (χ0n) is 8.49. The largest absolute Gasteiger partial charge is 0.493 e. The molecule has 0 amide bonds. The van der Waals surface area contributed by atoms with Crippen LogP contribution in [-0.2, 0) is 0 Å². The molecule has 1 atom stereocenters. The third kappa shape index (κ3) is 2.23. The van der Waals surface area contributed by atoms with Gasteiger partial charge in [-0.05, 0) is 26.0 Å². The summed E-state index contributed by atoms with van der Waals surface area (Å²) in [5.41, 5.74) is 1.11. The minimum atomic E-state index is 0.669. The van der Waals surface area contributed by atoms with Gasteiger partial charge in [0.2, 0.25) is 0 Å². The smallest absolute Gasteiger partial charge is 0.125 e. The van der Waals surface area contributed by atoms with Crippen LogP contribution in [0.25, 0.3) is 0 Å². The van der Waals surface area contributed by atoms with Gasteiger partial charge in [-0.3, -0.25) is 4.98 Å². The van der Waals surface area contributed by atoms with Crippen molar-refractivity contribution in [1.82, 2.24) is 10.3 Å². The molecule has 76 valence electrons. The molecule has 1 aromatic heterocycles. The molecule has 1 unspecified atom stereocenters. The van der Waals surface area contributed by atoms with Crippen molar-refractivity contribution in [3.63, 3.8) is 0 Å². The Labute approximate surface area is 84.5 Å². The standard InChI is InChI=1S/C11H16N2O/c1-9-6-12-5-3-11(9)14-8-10-2-4-13-7-10/h3,5-6,10,13H,2,4,7-8H2,1H3. The Bertz CT molecular complexity index is 295. The van der Waals surface area contributed by atoms with Crippen LogP contribution in [0.15, 0.2) is 18.5 Å². The highest BCUT2D eigenvalue weighted by Crippen LogP contribution is 2.17. The van der Waals surface area contributed by atoms with Crippen LogP contribution in [0.3, 0.4) is 0 Å². The van der Waals surface area contributed by atoms with E-state index < -0.39 is 0 Å². The van der Waals surface area contributed by atoms with Crippen LogP contribution >= 0.6 is 0 Å². The lowest BCUT2D eigenvalue weighted by molar-refractivity contribution is 0.258. The first kappa shape index (κ1) is 9.46. The van der Waals surface area contributed by atoms with Crippen LogP contribution < -0.4 is 10.1 Å². The zero-order valence-corrected chi connectivity index (χ0v) is 8.49. The zero-order chi connectivity index (χ0) is 9.80. The number of hydrogen-bond donors (Lipinski definition) is 1. The highest BCUT2D eigenvalue weighted by Gasteiger charge is 2.15. The van der Waals surface area contributed by atoms with Crippen molar-refractivity contribution in [2.45, 2.75) is 13.3 Å². The minimum Gasteiger partial charge on any atom is -0.493 e. The van der Waals surface area contributed by atoms with E-state index in [4.69, 9.17) is 4.74 Å². The molecule has 3 nitrogen and oxygen atoms in total. The van der Waals surface area contributed by atoms with Crippen LogP contribution in [0.1, 0.15) is 12.0 Å². The molecule has 1 fully saturated rings. The lowest BCUT2D eigenvalue weighted by atomic mass is 10.1. The molecule has 1 aliphatic heterocycles. The van der Waals surface area contributed by atoms with Crippen molar-refractivity contribution >= 4 is 0 Å². The molecule has 0 aromatic carbocycles. The Hall–Kier alpha value is -1.09. The molecule has 0 bridgehead atoms. The van der Waals surface area contributed by atoms with Crippen molar-refractivity contribution in [3.05, 3.63) is 24.0 Å². The monoisotopic (exact) mass is 192 g/mol. The molecular weight excluding hydrogens is 176 g/mol. The summed E-state index contributed by atoms with van der Waals surface area (Å²) in [6.07, 6.45) is 4.83. The highest BCUT2D eigenvalue weighted by molar-refractivity contribution is 5.28. The van der Waals surface area contributed by atoms with E-state index in [-0.39, 0.29) is 0 Å². The van der Waals surface area contributed by atoms with E-state index in [0.29, 0.717) is 5.92 Å². The van der Waals surface area contributed by atoms with Crippen molar-refractivity contribution in [3.8, 4) is 5.75 Å². The fourth-order valence-corrected chi connectivity index (χ4v) is 1.69. The summed E-state index contributed by atoms with van der Waals surface area (Å²) in [5, 5.41) is 3.33. The molecule has 1 aliphatic rings. The van der Waals surface area contributed by atoms with Gasteiger partial charge in [-0.15, -0.1) is 0 Å². The molecule has 1 N–H and O–H groups in total. The van der Waals surface area contributed by atoms with E-state index in [9.17, 15) is 0 Å². The average Bonchev–Trinajstić information content (AvgIpc) is 2.69. The van der Waals surface area contributed by atoms with Crippen LogP contribution in [0, 0.1) is 12.8 Å². The quantitative estimate of drug-likeness (QED) is 0.785. The topological polar surface area (TPSA) is 34.1 Å². The van der Waals surface area contributed by atoms with Crippen molar-refractivity contribution in [1.29, 1.82) is 0 Å². The van der Waals surface area contributed by atoms with Crippen molar-refractivity contribution in [2.75, 3.05) is 19.7 Å². The van der Waals surface area contributed by atoms with Crippen molar-refractivity contribution in [2.24, 2.45) is 5.92 Å². The molecule has 3 heteroatoms. The van der Waals surface area contributed by atoms with E-state index in [2.05, 4.69) is 10.3 Å². The summed E-state index contributed by atoms with van der Waals surface area (Å²) < 4.78 is 5.74. The van der Waals surface area contributed by atoms with Gasteiger partial charge in [0.1, 0.15) is 5.75 Å². The van der Waals surface area contributed by atoms with Crippen LogP contribution in [0.4, 0.5) is 0 Å². The first-order chi connectivity index (χ1) is 6.86. The van der Waals surface area contributed by atoms with Crippen molar-refractivity contribution < 1.29 is 4.74 Å². The number of nitrogens with zero attached hydrogens (tertiary/aromatic N) is 1. The Morgan fingerprint density at radius 3 is 3.29 bits per heavy atom. The second-order valence-corrected chi connectivity index (χ2v) is 3.81. The fourth-order valence-electron chi connectivity index (χ4n) is 1.69. The fraction of sp³-hybridized carbons (Fsp3) is 0.545. The number of rotatable bonds is 3. The van der Waals surface area contributed by atoms with E-state index in [0.717, 1.165) is 31.0 Å². The first-order valence-corrected chi connectivity index (χ1v) is 5.10. The molecule has 0 aliphatic carbocycles. The van der Waals surface area contributed by atoms with E-state index in [1.54, 1.807) is 6.20 Å². The molecular formula is C11H16N2O. The number of ether oxygens (including phenoxy) is 1. The van der Waals surface area contributed by atoms with Gasteiger partial charge >= 0.3 is 0 Å². The predicted molar refractivity (Wildman–Crippen MR) is 55.4 cm³/mol. The average molecular weight is 192 g/mol.